The number of amides is 1. The number of rotatable bonds is 5. The monoisotopic (exact) mass is 350 g/mol. The van der Waals surface area contributed by atoms with Crippen LogP contribution in [-0.2, 0) is 0 Å². The predicted molar refractivity (Wildman–Crippen MR) is 93.9 cm³/mol. The lowest BCUT2D eigenvalue weighted by molar-refractivity contribution is 0.0955. The molecule has 0 aliphatic rings. The number of nitrogens with zero attached hydrogens (tertiary/aromatic N) is 1. The average Bonchev–Trinajstić information content (AvgIpc) is 2.51. The first-order valence-corrected chi connectivity index (χ1v) is 7.78. The van der Waals surface area contributed by atoms with Crippen molar-refractivity contribution in [3.8, 4) is 5.75 Å². The molecule has 120 valence electrons. The first kappa shape index (κ1) is 17.3. The highest BCUT2D eigenvalue weighted by atomic mass is 35.5. The van der Waals surface area contributed by atoms with Crippen molar-refractivity contribution in [2.75, 3.05) is 6.61 Å². The van der Waals surface area contributed by atoms with Gasteiger partial charge in [0.15, 0.2) is 5.75 Å². The molecule has 2 rings (SSSR count). The highest BCUT2D eigenvalue weighted by Crippen LogP contribution is 2.33. The van der Waals surface area contributed by atoms with Gasteiger partial charge < -0.3 is 4.74 Å². The third kappa shape index (κ3) is 4.71. The van der Waals surface area contributed by atoms with E-state index in [0.29, 0.717) is 33.5 Å². The van der Waals surface area contributed by atoms with Gasteiger partial charge in [-0.3, -0.25) is 4.79 Å². The lowest BCUT2D eigenvalue weighted by Crippen LogP contribution is -2.17. The summed E-state index contributed by atoms with van der Waals surface area (Å²) in [6, 6.07) is 10.5. The number of nitrogens with one attached hydrogen (secondary N) is 1. The van der Waals surface area contributed by atoms with Crippen LogP contribution in [-0.4, -0.2) is 18.7 Å². The summed E-state index contributed by atoms with van der Waals surface area (Å²) in [4.78, 5) is 11.9. The predicted octanol–water partition coefficient (Wildman–Crippen LogP) is 4.46. The quantitative estimate of drug-likeness (QED) is 0.639. The molecule has 0 atom stereocenters. The van der Waals surface area contributed by atoms with Gasteiger partial charge in [-0.05, 0) is 43.7 Å². The number of hydrogen-bond donors (Lipinski definition) is 1. The zero-order chi connectivity index (χ0) is 16.8. The Morgan fingerprint density at radius 2 is 1.83 bits per heavy atom. The first-order valence-electron chi connectivity index (χ1n) is 7.03. The molecule has 0 saturated carbocycles. The van der Waals surface area contributed by atoms with Crippen molar-refractivity contribution < 1.29 is 9.53 Å². The van der Waals surface area contributed by atoms with Gasteiger partial charge >= 0.3 is 0 Å². The Balaban J connectivity index is 2.05. The van der Waals surface area contributed by atoms with E-state index in [1.54, 1.807) is 24.3 Å². The number of ether oxygens (including phenoxy) is 1. The highest BCUT2D eigenvalue weighted by Gasteiger charge is 2.08. The van der Waals surface area contributed by atoms with Crippen LogP contribution in [0.5, 0.6) is 5.75 Å². The zero-order valence-corrected chi connectivity index (χ0v) is 14.3. The summed E-state index contributed by atoms with van der Waals surface area (Å²) in [6.45, 7) is 4.28. The average molecular weight is 351 g/mol. The third-order valence-electron chi connectivity index (χ3n) is 3.00. The molecule has 0 radical (unpaired) electrons. The summed E-state index contributed by atoms with van der Waals surface area (Å²) in [5.41, 5.74) is 4.74. The summed E-state index contributed by atoms with van der Waals surface area (Å²) in [5.74, 6) is 0.154. The van der Waals surface area contributed by atoms with Crippen molar-refractivity contribution in [1.29, 1.82) is 0 Å². The van der Waals surface area contributed by atoms with Crippen LogP contribution in [0.4, 0.5) is 0 Å². The number of hydrogen-bond acceptors (Lipinski definition) is 3. The number of carbonyl (C=O) groups excluding carboxylic acids is 1. The number of aryl methyl sites for hydroxylation is 1. The van der Waals surface area contributed by atoms with E-state index < -0.39 is 0 Å². The van der Waals surface area contributed by atoms with Crippen molar-refractivity contribution in [1.82, 2.24) is 5.43 Å². The minimum absolute atomic E-state index is 0.288. The molecule has 0 aliphatic heterocycles. The van der Waals surface area contributed by atoms with Gasteiger partial charge in [0.1, 0.15) is 0 Å². The van der Waals surface area contributed by atoms with E-state index in [9.17, 15) is 4.79 Å². The van der Waals surface area contributed by atoms with Gasteiger partial charge in [0.2, 0.25) is 0 Å². The largest absolute Gasteiger partial charge is 0.491 e. The van der Waals surface area contributed by atoms with Crippen molar-refractivity contribution in [2.24, 2.45) is 5.10 Å². The molecule has 0 heterocycles. The summed E-state index contributed by atoms with van der Waals surface area (Å²) in [6.07, 6.45) is 1.47. The van der Waals surface area contributed by atoms with E-state index >= 15 is 0 Å². The summed E-state index contributed by atoms with van der Waals surface area (Å²) in [7, 11) is 0. The number of halogens is 2. The van der Waals surface area contributed by atoms with Crippen molar-refractivity contribution in [3.05, 3.63) is 63.1 Å². The number of carbonyl (C=O) groups is 1. The van der Waals surface area contributed by atoms with Crippen LogP contribution in [0.1, 0.15) is 28.4 Å². The molecule has 0 unspecified atom stereocenters. The standard InChI is InChI=1S/C17H16Cl2N2O2/c1-3-23-16-14(18)8-12(9-15(16)19)10-20-21-17(22)13-6-4-11(2)5-7-13/h4-10H,3H2,1-2H3,(H,21,22)/b20-10-. The molecule has 4 nitrogen and oxygen atoms in total. The smallest absolute Gasteiger partial charge is 0.271 e. The van der Waals surface area contributed by atoms with Crippen LogP contribution in [0.2, 0.25) is 10.0 Å². The third-order valence-corrected chi connectivity index (χ3v) is 3.56. The Morgan fingerprint density at radius 1 is 1.22 bits per heavy atom. The second-order valence-electron chi connectivity index (χ2n) is 4.81. The molecular weight excluding hydrogens is 335 g/mol. The molecule has 2 aromatic carbocycles. The van der Waals surface area contributed by atoms with Crippen molar-refractivity contribution in [3.63, 3.8) is 0 Å². The molecule has 6 heteroatoms. The molecule has 0 fully saturated rings. The molecule has 0 aliphatic carbocycles. The number of hydrazone groups is 1. The van der Waals surface area contributed by atoms with Crippen LogP contribution in [0, 0.1) is 6.92 Å². The molecule has 0 aromatic heterocycles. The van der Waals surface area contributed by atoms with Crippen LogP contribution in [0.15, 0.2) is 41.5 Å². The van der Waals surface area contributed by atoms with E-state index in [-0.39, 0.29) is 5.91 Å². The molecule has 1 N–H and O–H groups in total. The maximum atomic E-state index is 11.9. The highest BCUT2D eigenvalue weighted by molar-refractivity contribution is 6.37. The fourth-order valence-electron chi connectivity index (χ4n) is 1.87. The normalized spacial score (nSPS) is 10.8. The Labute approximate surface area is 145 Å². The molecule has 0 saturated heterocycles. The molecule has 2 aromatic rings. The second kappa shape index (κ2) is 7.99. The minimum atomic E-state index is -0.288. The van der Waals surface area contributed by atoms with Gasteiger partial charge in [-0.1, -0.05) is 40.9 Å². The Bertz CT molecular complexity index is 705. The van der Waals surface area contributed by atoms with Crippen LogP contribution < -0.4 is 10.2 Å². The molecule has 23 heavy (non-hydrogen) atoms. The Morgan fingerprint density at radius 3 is 2.39 bits per heavy atom. The second-order valence-corrected chi connectivity index (χ2v) is 5.63. The van der Waals surface area contributed by atoms with Gasteiger partial charge in [-0.2, -0.15) is 5.10 Å². The minimum Gasteiger partial charge on any atom is -0.491 e. The lowest BCUT2D eigenvalue weighted by Gasteiger charge is -2.08. The van der Waals surface area contributed by atoms with Gasteiger partial charge in [0, 0.05) is 5.56 Å². The van der Waals surface area contributed by atoms with E-state index in [1.807, 2.05) is 26.0 Å². The molecule has 1 amide bonds. The molecule has 0 bridgehead atoms. The van der Waals surface area contributed by atoms with Crippen LogP contribution >= 0.6 is 23.2 Å². The maximum absolute atomic E-state index is 11.9. The van der Waals surface area contributed by atoms with E-state index in [1.165, 1.54) is 6.21 Å². The molecule has 0 spiro atoms. The van der Waals surface area contributed by atoms with E-state index in [0.717, 1.165) is 5.56 Å². The van der Waals surface area contributed by atoms with Crippen molar-refractivity contribution in [2.45, 2.75) is 13.8 Å². The van der Waals surface area contributed by atoms with E-state index in [2.05, 4.69) is 10.5 Å². The molecular formula is C17H16Cl2N2O2. The summed E-state index contributed by atoms with van der Waals surface area (Å²) >= 11 is 12.2. The van der Waals surface area contributed by atoms with Gasteiger partial charge in [0.05, 0.1) is 22.9 Å². The van der Waals surface area contributed by atoms with Gasteiger partial charge in [0.25, 0.3) is 5.91 Å². The van der Waals surface area contributed by atoms with E-state index in [4.69, 9.17) is 27.9 Å². The summed E-state index contributed by atoms with van der Waals surface area (Å²) in [5, 5.41) is 4.70. The van der Waals surface area contributed by atoms with Gasteiger partial charge in [-0.25, -0.2) is 5.43 Å². The van der Waals surface area contributed by atoms with Crippen LogP contribution in [0.25, 0.3) is 0 Å². The van der Waals surface area contributed by atoms with Crippen LogP contribution in [0.3, 0.4) is 0 Å². The summed E-state index contributed by atoms with van der Waals surface area (Å²) < 4.78 is 5.35. The fourth-order valence-corrected chi connectivity index (χ4v) is 2.48. The first-order chi connectivity index (χ1) is 11.0. The maximum Gasteiger partial charge on any atom is 0.271 e. The fraction of sp³-hybridized carbons (Fsp3) is 0.176. The SMILES string of the molecule is CCOc1c(Cl)cc(/C=N\NC(=O)c2ccc(C)cc2)cc1Cl. The van der Waals surface area contributed by atoms with Gasteiger partial charge in [-0.15, -0.1) is 0 Å². The number of benzene rings is 2. The topological polar surface area (TPSA) is 50.7 Å². The lowest BCUT2D eigenvalue weighted by atomic mass is 10.1. The van der Waals surface area contributed by atoms with Crippen molar-refractivity contribution >= 4 is 35.3 Å². The Hall–Kier alpha value is -2.04. The zero-order valence-electron chi connectivity index (χ0n) is 12.8. The Kier molecular flexibility index (Phi) is 6.02.